The van der Waals surface area contributed by atoms with Crippen molar-refractivity contribution in [2.75, 3.05) is 26.2 Å². The Morgan fingerprint density at radius 1 is 0.525 bits per heavy atom. The summed E-state index contributed by atoms with van der Waals surface area (Å²) in [4.78, 5) is 2.64. The molecule has 0 saturated heterocycles. The van der Waals surface area contributed by atoms with Gasteiger partial charge in [0.05, 0.1) is 0 Å². The average molecular weight is 608 g/mol. The molecule has 0 heterocycles. The molecule has 0 aromatic rings. The summed E-state index contributed by atoms with van der Waals surface area (Å²) in [7, 11) is 0. The first-order valence-corrected chi connectivity index (χ1v) is 17.3. The van der Waals surface area contributed by atoms with Gasteiger partial charge in [0.1, 0.15) is 0 Å². The molecule has 0 aliphatic rings. The summed E-state index contributed by atoms with van der Waals surface area (Å²) < 4.78 is 0. The molecule has 0 bridgehead atoms. The van der Waals surface area contributed by atoms with E-state index in [0.29, 0.717) is 0 Å². The molecule has 0 radical (unpaired) electrons. The summed E-state index contributed by atoms with van der Waals surface area (Å²) in [5, 5.41) is 18.6. The van der Waals surface area contributed by atoms with Crippen LogP contribution in [-0.4, -0.2) is 51.6 Å². The Labute approximate surface area is 262 Å². The van der Waals surface area contributed by atoms with E-state index in [2.05, 4.69) is 68.1 Å². The number of aliphatic hydroxyl groups excluding tert-OH is 2. The fourth-order valence-corrected chi connectivity index (χ4v) is 4.45. The van der Waals surface area contributed by atoms with Crippen LogP contribution < -0.4 is 11.1 Å². The van der Waals surface area contributed by atoms with Crippen LogP contribution in [0.15, 0.2) is 0 Å². The topological polar surface area (TPSA) is 81.8 Å². The Hall–Kier alpha value is -0.660. The first-order chi connectivity index (χ1) is 18.8. The van der Waals surface area contributed by atoms with Crippen LogP contribution in [0.25, 0.3) is 0 Å². The summed E-state index contributed by atoms with van der Waals surface area (Å²) >= 11 is 8.42. The van der Waals surface area contributed by atoms with Gasteiger partial charge in [0.25, 0.3) is 10.3 Å². The largest absolute Gasteiger partial charge is 0.487 e. The first kappa shape index (κ1) is 46.3. The third-order valence-electron chi connectivity index (χ3n) is 6.79. The van der Waals surface area contributed by atoms with E-state index in [4.69, 9.17) is 10.2 Å². The molecule has 5 nitrogen and oxygen atoms in total. The van der Waals surface area contributed by atoms with Crippen LogP contribution in [0.4, 0.5) is 0 Å². The molecule has 0 aromatic heterocycles. The zero-order valence-corrected chi connectivity index (χ0v) is 28.3. The highest BCUT2D eigenvalue weighted by atomic mass is 32.1. The van der Waals surface area contributed by atoms with Crippen LogP contribution in [-0.2, 0) is 0 Å². The number of thiocarbonyl (C=S) groups is 2. The highest BCUT2D eigenvalue weighted by Gasteiger charge is 2.02. The molecule has 0 amide bonds. The number of hydrogen-bond acceptors (Lipinski definition) is 3. The molecule has 5 N–H and O–H groups in total. The number of nitrogens with one attached hydrogen (secondary N) is 1. The Morgan fingerprint density at radius 2 is 0.775 bits per heavy atom. The third kappa shape index (κ3) is 53.6. The predicted molar refractivity (Wildman–Crippen MR) is 190 cm³/mol. The van der Waals surface area contributed by atoms with Crippen molar-refractivity contribution in [3.8, 4) is 0 Å². The highest BCUT2D eigenvalue weighted by Crippen LogP contribution is 2.13. The zero-order valence-electron chi connectivity index (χ0n) is 26.6. The summed E-state index contributed by atoms with van der Waals surface area (Å²) in [6, 6.07) is 0. The number of hydrogen-bond donors (Lipinski definition) is 4. The van der Waals surface area contributed by atoms with Crippen LogP contribution in [0.1, 0.15) is 176 Å². The van der Waals surface area contributed by atoms with Gasteiger partial charge in [-0.3, -0.25) is 0 Å². The van der Waals surface area contributed by atoms with E-state index in [1.807, 2.05) is 0 Å². The van der Waals surface area contributed by atoms with Crippen molar-refractivity contribution < 1.29 is 10.2 Å². The predicted octanol–water partition coefficient (Wildman–Crippen LogP) is 10.8. The average Bonchev–Trinajstić information content (AvgIpc) is 2.90. The van der Waals surface area contributed by atoms with Crippen LogP contribution in [0.3, 0.4) is 0 Å². The second kappa shape index (κ2) is 42.8. The van der Waals surface area contributed by atoms with Crippen molar-refractivity contribution in [3.63, 3.8) is 0 Å². The standard InChI is InChI=1S/C19H39NOS.C12H27N.CH3NOS.CH4/c1-2-3-4-5-6-7-8-9-10-11-12-13-14-15-16-17-18-20-19(21)22;1-4-7-10-13(11-8-5-2)12-9-6-3;2-1(3)4;/h2-18H2,1H3,(H2,20,21,22);4-12H2,1-3H3;(H3,2,3,4);1H4. The van der Waals surface area contributed by atoms with Gasteiger partial charge in [-0.1, -0.05) is 151 Å². The van der Waals surface area contributed by atoms with E-state index < -0.39 is 5.17 Å². The van der Waals surface area contributed by atoms with Crippen molar-refractivity contribution in [1.82, 2.24) is 10.2 Å². The fraction of sp³-hybridized carbons (Fsp3) is 0.939. The lowest BCUT2D eigenvalue weighted by Crippen LogP contribution is -2.27. The molecule has 0 fully saturated rings. The maximum Gasteiger partial charge on any atom is 0.254 e. The molecule has 0 aliphatic heterocycles. The number of unbranched alkanes of at least 4 members (excludes halogenated alkanes) is 18. The highest BCUT2D eigenvalue weighted by molar-refractivity contribution is 7.80. The van der Waals surface area contributed by atoms with Gasteiger partial charge in [-0.2, -0.15) is 0 Å². The summed E-state index contributed by atoms with van der Waals surface area (Å²) in [6.45, 7) is 13.9. The van der Waals surface area contributed by atoms with Crippen molar-refractivity contribution in [2.45, 2.75) is 176 Å². The number of aliphatic hydroxyl groups is 2. The summed E-state index contributed by atoms with van der Waals surface area (Å²) in [6.07, 6.45) is 30.3. The van der Waals surface area contributed by atoms with E-state index in [1.165, 1.54) is 154 Å². The van der Waals surface area contributed by atoms with Gasteiger partial charge in [-0.05, 0) is 69.8 Å². The maximum absolute atomic E-state index is 8.80. The SMILES string of the molecule is C.CCCCCCCCCCCCCCCCCCNC(O)=S.CCCCN(CCCC)CCCC.NC(O)=S. The zero-order chi connectivity index (χ0) is 29.8. The minimum Gasteiger partial charge on any atom is -0.487 e. The van der Waals surface area contributed by atoms with Gasteiger partial charge in [0.15, 0.2) is 0 Å². The van der Waals surface area contributed by atoms with Crippen molar-refractivity contribution in [2.24, 2.45) is 5.73 Å². The number of rotatable bonds is 26. The lowest BCUT2D eigenvalue weighted by atomic mass is 10.0. The van der Waals surface area contributed by atoms with Crippen LogP contribution in [0, 0.1) is 0 Å². The molecule has 0 aromatic carbocycles. The number of nitrogens with two attached hydrogens (primary N) is 1. The quantitative estimate of drug-likeness (QED) is 0.0575. The molecule has 244 valence electrons. The molecule has 0 unspecified atom stereocenters. The summed E-state index contributed by atoms with van der Waals surface area (Å²) in [5.74, 6) is 0. The van der Waals surface area contributed by atoms with Crippen LogP contribution in [0.5, 0.6) is 0 Å². The minimum absolute atomic E-state index is 0. The maximum atomic E-state index is 8.80. The van der Waals surface area contributed by atoms with Crippen molar-refractivity contribution in [3.05, 3.63) is 0 Å². The summed E-state index contributed by atoms with van der Waals surface area (Å²) in [5.41, 5.74) is 4.40. The molecule has 0 aliphatic carbocycles. The molecule has 0 saturated carbocycles. The first-order valence-electron chi connectivity index (χ1n) is 16.5. The second-order valence-electron chi connectivity index (χ2n) is 10.8. The molecule has 40 heavy (non-hydrogen) atoms. The van der Waals surface area contributed by atoms with E-state index in [-0.39, 0.29) is 12.6 Å². The van der Waals surface area contributed by atoms with Gasteiger partial charge >= 0.3 is 0 Å². The van der Waals surface area contributed by atoms with Gasteiger partial charge in [-0.25, -0.2) is 0 Å². The van der Waals surface area contributed by atoms with E-state index in [9.17, 15) is 0 Å². The van der Waals surface area contributed by atoms with Gasteiger partial charge < -0.3 is 26.2 Å². The number of nitrogens with zero attached hydrogens (tertiary/aromatic N) is 1. The smallest absolute Gasteiger partial charge is 0.254 e. The third-order valence-corrected chi connectivity index (χ3v) is 6.93. The molecular formula is C33H73N3O2S2. The van der Waals surface area contributed by atoms with E-state index in [1.54, 1.807) is 0 Å². The molecule has 0 rings (SSSR count). The van der Waals surface area contributed by atoms with Gasteiger partial charge in [0, 0.05) is 6.54 Å². The van der Waals surface area contributed by atoms with Crippen molar-refractivity contribution in [1.29, 1.82) is 0 Å². The molecule has 0 spiro atoms. The lowest BCUT2D eigenvalue weighted by Gasteiger charge is -2.21. The molecule has 0 atom stereocenters. The van der Waals surface area contributed by atoms with Gasteiger partial charge in [0.2, 0.25) is 0 Å². The Kier molecular flexibility index (Phi) is 49.5. The Balaban J connectivity index is -0.000000305. The van der Waals surface area contributed by atoms with Crippen LogP contribution >= 0.6 is 24.4 Å². The van der Waals surface area contributed by atoms with Gasteiger partial charge in [-0.15, -0.1) is 0 Å². The molecule has 7 heteroatoms. The Bertz CT molecular complexity index is 460. The fourth-order valence-electron chi connectivity index (χ4n) is 4.35. The van der Waals surface area contributed by atoms with Crippen molar-refractivity contribution >= 4 is 34.8 Å². The lowest BCUT2D eigenvalue weighted by molar-refractivity contribution is 0.261. The molecular weight excluding hydrogens is 535 g/mol. The van der Waals surface area contributed by atoms with E-state index >= 15 is 0 Å². The Morgan fingerprint density at radius 3 is 1.02 bits per heavy atom. The minimum atomic E-state index is -0.500. The second-order valence-corrected chi connectivity index (χ2v) is 11.6. The van der Waals surface area contributed by atoms with Crippen LogP contribution in [0.2, 0.25) is 0 Å². The normalized spacial score (nSPS) is 10.1. The monoisotopic (exact) mass is 608 g/mol. The van der Waals surface area contributed by atoms with E-state index in [0.717, 1.165) is 13.0 Å².